The van der Waals surface area contributed by atoms with Crippen LogP contribution in [0.25, 0.3) is 0 Å². The molecule has 3 saturated carbocycles. The smallest absolute Gasteiger partial charge is 0.187 e. The fourth-order valence-electron chi connectivity index (χ4n) is 14.7. The molecule has 7 rings (SSSR count). The molecule has 3 unspecified atom stereocenters. The number of ether oxygens (including phenoxy) is 6. The van der Waals surface area contributed by atoms with E-state index in [1.165, 1.54) is 0 Å². The molecular formula is C49H84O19. The van der Waals surface area contributed by atoms with Crippen molar-refractivity contribution in [3.8, 4) is 0 Å². The summed E-state index contributed by atoms with van der Waals surface area (Å²) in [6.07, 6.45) is -15.6. The third kappa shape index (κ3) is 9.21. The van der Waals surface area contributed by atoms with E-state index in [0.717, 1.165) is 31.3 Å². The molecule has 19 nitrogen and oxygen atoms in total. The van der Waals surface area contributed by atoms with E-state index < -0.39 is 147 Å². The molecule has 0 aromatic heterocycles. The molecule has 0 radical (unpaired) electrons. The van der Waals surface area contributed by atoms with Crippen LogP contribution in [-0.4, -0.2) is 202 Å². The van der Waals surface area contributed by atoms with Gasteiger partial charge in [0.15, 0.2) is 18.9 Å². The van der Waals surface area contributed by atoms with Crippen molar-refractivity contribution in [2.45, 2.75) is 229 Å². The minimum absolute atomic E-state index is 0.0203. The molecule has 25 atom stereocenters. The molecule has 4 aliphatic carbocycles. The van der Waals surface area contributed by atoms with Gasteiger partial charge in [-0.1, -0.05) is 53.2 Å². The molecule has 3 saturated heterocycles. The molecule has 3 aliphatic heterocycles. The van der Waals surface area contributed by atoms with Crippen molar-refractivity contribution in [2.75, 3.05) is 19.8 Å². The molecule has 0 aromatic carbocycles. The molecule has 0 aromatic rings. The molecule has 0 amide bonds. The Hall–Kier alpha value is -1.02. The molecule has 394 valence electrons. The third-order valence-corrected chi connectivity index (χ3v) is 19.0. The summed E-state index contributed by atoms with van der Waals surface area (Å²) >= 11 is 0. The molecule has 7 aliphatic rings. The molecule has 19 heteroatoms. The predicted molar refractivity (Wildman–Crippen MR) is 240 cm³/mol. The lowest BCUT2D eigenvalue weighted by molar-refractivity contribution is -0.340. The van der Waals surface area contributed by atoms with Crippen LogP contribution in [0.1, 0.15) is 113 Å². The minimum Gasteiger partial charge on any atom is -0.394 e. The SMILES string of the molecule is CC[C@@]12CCC([C@H](C)CC[C@@H](O[C@@H]3O[C@H](CO)[C@@H](O)[C@H](O)[C@H]3O)C(C)(C)O)[C@@]1(C)C[C@@H](O)[C@@]1(C)C3CC[C@H](O[C@@H]4O[C@H](CO[C@@H]5O[C@H](CO)[C@@H](O)[C@H](O)[C@H]5O)[C@@H](O)[C@H](O)[C@H]4O)C(C)(C)C3=CCC12. The first-order valence-electron chi connectivity index (χ1n) is 25.1. The number of aliphatic hydroxyl groups is 13. The summed E-state index contributed by atoms with van der Waals surface area (Å²) in [4.78, 5) is 0. The highest BCUT2D eigenvalue weighted by atomic mass is 16.7. The minimum atomic E-state index is -1.69. The Bertz CT molecular complexity index is 1730. The average Bonchev–Trinajstić information content (AvgIpc) is 3.59. The van der Waals surface area contributed by atoms with Gasteiger partial charge in [0.05, 0.1) is 43.7 Å². The van der Waals surface area contributed by atoms with Crippen LogP contribution >= 0.6 is 0 Å². The van der Waals surface area contributed by atoms with Gasteiger partial charge in [0.1, 0.15) is 73.2 Å². The Morgan fingerprint density at radius 3 is 1.82 bits per heavy atom. The number of hydrogen-bond acceptors (Lipinski definition) is 19. The maximum Gasteiger partial charge on any atom is 0.187 e. The Labute approximate surface area is 400 Å². The molecule has 68 heavy (non-hydrogen) atoms. The van der Waals surface area contributed by atoms with Crippen LogP contribution in [-0.2, 0) is 28.4 Å². The Morgan fingerprint density at radius 2 is 1.25 bits per heavy atom. The monoisotopic (exact) mass is 977 g/mol. The van der Waals surface area contributed by atoms with Gasteiger partial charge in [-0.3, -0.25) is 0 Å². The van der Waals surface area contributed by atoms with Gasteiger partial charge < -0.3 is 94.8 Å². The van der Waals surface area contributed by atoms with E-state index in [1.54, 1.807) is 13.8 Å². The van der Waals surface area contributed by atoms with Gasteiger partial charge in [-0.15, -0.1) is 0 Å². The van der Waals surface area contributed by atoms with Gasteiger partial charge in [-0.2, -0.15) is 0 Å². The van der Waals surface area contributed by atoms with Crippen molar-refractivity contribution in [1.82, 2.24) is 0 Å². The van der Waals surface area contributed by atoms with Gasteiger partial charge in [0, 0.05) is 10.8 Å². The quantitative estimate of drug-likeness (QED) is 0.0906. The Kier molecular flexibility index (Phi) is 16.4. The lowest BCUT2D eigenvalue weighted by atomic mass is 9.37. The van der Waals surface area contributed by atoms with Crippen LogP contribution in [0.5, 0.6) is 0 Å². The first kappa shape index (κ1) is 54.7. The van der Waals surface area contributed by atoms with E-state index >= 15 is 0 Å². The molecular weight excluding hydrogens is 893 g/mol. The van der Waals surface area contributed by atoms with Gasteiger partial charge in [0.25, 0.3) is 0 Å². The number of fused-ring (bicyclic) bond motifs is 5. The molecule has 3 heterocycles. The molecule has 0 spiro atoms. The average molecular weight is 977 g/mol. The zero-order valence-electron chi connectivity index (χ0n) is 41.0. The second-order valence-electron chi connectivity index (χ2n) is 23.2. The van der Waals surface area contributed by atoms with E-state index in [-0.39, 0.29) is 34.5 Å². The van der Waals surface area contributed by atoms with E-state index in [9.17, 15) is 66.4 Å². The van der Waals surface area contributed by atoms with E-state index in [0.29, 0.717) is 32.1 Å². The van der Waals surface area contributed by atoms with Crippen molar-refractivity contribution < 1.29 is 94.8 Å². The fraction of sp³-hybridized carbons (Fsp3) is 0.959. The zero-order valence-corrected chi connectivity index (χ0v) is 41.0. The number of rotatable bonds is 15. The number of aliphatic hydroxyl groups excluding tert-OH is 12. The van der Waals surface area contributed by atoms with Crippen LogP contribution in [0, 0.1) is 45.3 Å². The first-order chi connectivity index (χ1) is 31.7. The fourth-order valence-corrected chi connectivity index (χ4v) is 14.7. The summed E-state index contributed by atoms with van der Waals surface area (Å²) in [6, 6.07) is 0. The van der Waals surface area contributed by atoms with Gasteiger partial charge in [-0.05, 0) is 106 Å². The van der Waals surface area contributed by atoms with Crippen molar-refractivity contribution in [3.63, 3.8) is 0 Å². The van der Waals surface area contributed by atoms with E-state index in [1.807, 2.05) is 0 Å². The first-order valence-corrected chi connectivity index (χ1v) is 25.1. The summed E-state index contributed by atoms with van der Waals surface area (Å²) in [5.74, 6) is 0.581. The van der Waals surface area contributed by atoms with E-state index in [2.05, 4.69) is 47.6 Å². The predicted octanol–water partition coefficient (Wildman–Crippen LogP) is -0.666. The number of hydrogen-bond donors (Lipinski definition) is 13. The largest absolute Gasteiger partial charge is 0.394 e. The highest BCUT2D eigenvalue weighted by Gasteiger charge is 2.71. The van der Waals surface area contributed by atoms with Crippen LogP contribution in [0.3, 0.4) is 0 Å². The zero-order chi connectivity index (χ0) is 50.2. The normalized spacial score (nSPS) is 50.4. The molecule has 0 bridgehead atoms. The summed E-state index contributed by atoms with van der Waals surface area (Å²) in [7, 11) is 0. The summed E-state index contributed by atoms with van der Waals surface area (Å²) in [5, 5.41) is 139. The van der Waals surface area contributed by atoms with Crippen molar-refractivity contribution >= 4 is 0 Å². The van der Waals surface area contributed by atoms with Gasteiger partial charge >= 0.3 is 0 Å². The van der Waals surface area contributed by atoms with Gasteiger partial charge in [-0.25, -0.2) is 0 Å². The molecule has 13 N–H and O–H groups in total. The van der Waals surface area contributed by atoms with Crippen molar-refractivity contribution in [3.05, 3.63) is 11.6 Å². The lowest BCUT2D eigenvalue weighted by Crippen LogP contribution is -2.65. The van der Waals surface area contributed by atoms with Crippen molar-refractivity contribution in [1.29, 1.82) is 0 Å². The van der Waals surface area contributed by atoms with Crippen LogP contribution < -0.4 is 0 Å². The number of allylic oxidation sites excluding steroid dienone is 1. The van der Waals surface area contributed by atoms with Crippen molar-refractivity contribution in [2.24, 2.45) is 45.3 Å². The lowest BCUT2D eigenvalue weighted by Gasteiger charge is -2.68. The standard InChI is InChI=1S/C49H84O19/c1-9-49-17-16-23(22(2)10-14-32(46(5,6)62)68-43-40(60)37(57)34(54)27(20-51)65-43)47(49,7)18-30(52)48(8)25-12-15-31(45(3,4)24(25)11-13-29(48)49)67-44-41(61)38(58)35(55)28(66-44)21-63-42-39(59)36(56)33(53)26(19-50)64-42/h11,22-23,25-44,50-62H,9-10,12-21H2,1-8H3/t22-,23?,25?,26-,27-,28-,29?,30-,31+,32-,33-,34-,35-,36+,37+,38+,39-,40-,41-,42-,43+,44+,47-,48+,49+/m1/s1. The van der Waals surface area contributed by atoms with Crippen LogP contribution in [0.4, 0.5) is 0 Å². The maximum absolute atomic E-state index is 12.7. The topological polar surface area (TPSA) is 318 Å². The highest BCUT2D eigenvalue weighted by Crippen LogP contribution is 2.76. The van der Waals surface area contributed by atoms with Crippen LogP contribution in [0.2, 0.25) is 0 Å². The summed E-state index contributed by atoms with van der Waals surface area (Å²) < 4.78 is 35.5. The maximum atomic E-state index is 12.7. The molecule has 6 fully saturated rings. The second kappa shape index (κ2) is 20.4. The highest BCUT2D eigenvalue weighted by molar-refractivity contribution is 5.32. The Morgan fingerprint density at radius 1 is 0.706 bits per heavy atom. The second-order valence-corrected chi connectivity index (χ2v) is 23.2. The Balaban J connectivity index is 1.04. The third-order valence-electron chi connectivity index (χ3n) is 19.0. The van der Waals surface area contributed by atoms with Gasteiger partial charge in [0.2, 0.25) is 0 Å². The summed E-state index contributed by atoms with van der Waals surface area (Å²) in [5.41, 5.74) is -1.59. The summed E-state index contributed by atoms with van der Waals surface area (Å²) in [6.45, 7) is 14.8. The van der Waals surface area contributed by atoms with E-state index in [4.69, 9.17) is 28.4 Å². The van der Waals surface area contributed by atoms with Crippen LogP contribution in [0.15, 0.2) is 11.6 Å².